The molecule has 0 aliphatic carbocycles. The van der Waals surface area contributed by atoms with Crippen molar-refractivity contribution in [2.24, 2.45) is 0 Å². The Balaban J connectivity index is 1.91. The summed E-state index contributed by atoms with van der Waals surface area (Å²) < 4.78 is 18.3. The molecule has 116 valence electrons. The van der Waals surface area contributed by atoms with Crippen molar-refractivity contribution < 1.29 is 13.7 Å². The minimum Gasteiger partial charge on any atom is -0.337 e. The van der Waals surface area contributed by atoms with Crippen LogP contribution in [-0.2, 0) is 0 Å². The molecule has 0 bridgehead atoms. The highest BCUT2D eigenvalue weighted by Gasteiger charge is 2.18. The van der Waals surface area contributed by atoms with Gasteiger partial charge in [-0.2, -0.15) is 0 Å². The van der Waals surface area contributed by atoms with Crippen LogP contribution in [0.3, 0.4) is 0 Å². The number of benzene rings is 1. The number of aromatic nitrogens is 3. The Hall–Kier alpha value is -3.09. The molecule has 2 aromatic heterocycles. The van der Waals surface area contributed by atoms with Crippen LogP contribution in [0, 0.1) is 19.7 Å². The molecule has 2 heterocycles. The van der Waals surface area contributed by atoms with Crippen LogP contribution in [0.4, 0.5) is 10.3 Å². The molecule has 7 heteroatoms. The van der Waals surface area contributed by atoms with E-state index in [2.05, 4.69) is 20.4 Å². The predicted octanol–water partition coefficient (Wildman–Crippen LogP) is 3.14. The van der Waals surface area contributed by atoms with Gasteiger partial charge in [0, 0.05) is 12.4 Å². The van der Waals surface area contributed by atoms with Crippen molar-refractivity contribution in [2.75, 3.05) is 5.32 Å². The van der Waals surface area contributed by atoms with Gasteiger partial charge in [-0.3, -0.25) is 10.1 Å². The Morgan fingerprint density at radius 2 is 1.78 bits per heavy atom. The molecule has 1 amide bonds. The number of nitrogens with zero attached hydrogens (tertiary/aromatic N) is 3. The molecule has 0 atom stereocenters. The molecular formula is C16H13FN4O2. The zero-order valence-electron chi connectivity index (χ0n) is 12.5. The summed E-state index contributed by atoms with van der Waals surface area (Å²) in [6.07, 6.45) is 2.86. The lowest BCUT2D eigenvalue weighted by Crippen LogP contribution is -2.13. The summed E-state index contributed by atoms with van der Waals surface area (Å²) in [5.41, 5.74) is 2.19. The van der Waals surface area contributed by atoms with Crippen molar-refractivity contribution in [1.82, 2.24) is 15.1 Å². The molecule has 0 aliphatic heterocycles. The van der Waals surface area contributed by atoms with E-state index in [1.165, 1.54) is 24.5 Å². The Morgan fingerprint density at radius 3 is 2.43 bits per heavy atom. The third kappa shape index (κ3) is 3.08. The normalized spacial score (nSPS) is 10.6. The molecule has 0 saturated carbocycles. The second-order valence-corrected chi connectivity index (χ2v) is 4.95. The van der Waals surface area contributed by atoms with Crippen LogP contribution in [0.25, 0.3) is 11.1 Å². The van der Waals surface area contributed by atoms with Crippen molar-refractivity contribution in [3.63, 3.8) is 0 Å². The Morgan fingerprint density at radius 1 is 1.13 bits per heavy atom. The highest BCUT2D eigenvalue weighted by atomic mass is 19.1. The number of halogens is 1. The first-order valence-electron chi connectivity index (χ1n) is 6.87. The summed E-state index contributed by atoms with van der Waals surface area (Å²) in [5.74, 6) is 0.0125. The number of anilines is 1. The lowest BCUT2D eigenvalue weighted by atomic mass is 10.1. The average Bonchev–Trinajstić information content (AvgIpc) is 2.89. The van der Waals surface area contributed by atoms with E-state index in [1.54, 1.807) is 26.0 Å². The number of aryl methyl sites for hydroxylation is 2. The molecule has 0 spiro atoms. The molecule has 1 N–H and O–H groups in total. The van der Waals surface area contributed by atoms with Gasteiger partial charge < -0.3 is 4.52 Å². The van der Waals surface area contributed by atoms with Crippen molar-refractivity contribution in [3.8, 4) is 11.1 Å². The maximum atomic E-state index is 13.1. The second-order valence-electron chi connectivity index (χ2n) is 4.95. The van der Waals surface area contributed by atoms with Crippen LogP contribution in [0.15, 0.2) is 41.2 Å². The van der Waals surface area contributed by atoms with Crippen LogP contribution in [0.1, 0.15) is 21.9 Å². The molecule has 0 unspecified atom stereocenters. The zero-order valence-corrected chi connectivity index (χ0v) is 12.5. The molecular weight excluding hydrogens is 299 g/mol. The number of carbonyl (C=O) groups is 1. The minimum atomic E-state index is -0.412. The van der Waals surface area contributed by atoms with Gasteiger partial charge in [-0.1, -0.05) is 17.3 Å². The molecule has 0 fully saturated rings. The quantitative estimate of drug-likeness (QED) is 0.803. The highest BCUT2D eigenvalue weighted by molar-refractivity contribution is 6.05. The fourth-order valence-electron chi connectivity index (χ4n) is 2.10. The van der Waals surface area contributed by atoms with E-state index >= 15 is 0 Å². The molecule has 0 radical (unpaired) electrons. The van der Waals surface area contributed by atoms with Crippen molar-refractivity contribution in [2.45, 2.75) is 13.8 Å². The topological polar surface area (TPSA) is 80.9 Å². The van der Waals surface area contributed by atoms with Gasteiger partial charge in [0.05, 0.1) is 16.8 Å². The van der Waals surface area contributed by atoms with E-state index < -0.39 is 5.91 Å². The summed E-state index contributed by atoms with van der Waals surface area (Å²) in [4.78, 5) is 20.2. The summed E-state index contributed by atoms with van der Waals surface area (Å²) in [7, 11) is 0. The predicted molar refractivity (Wildman–Crippen MR) is 81.4 cm³/mol. The molecule has 0 saturated heterocycles. The average molecular weight is 312 g/mol. The van der Waals surface area contributed by atoms with Crippen molar-refractivity contribution in [1.29, 1.82) is 0 Å². The molecule has 3 aromatic rings. The van der Waals surface area contributed by atoms with Crippen LogP contribution < -0.4 is 5.32 Å². The van der Waals surface area contributed by atoms with Gasteiger partial charge in [-0.15, -0.1) is 0 Å². The van der Waals surface area contributed by atoms with Gasteiger partial charge in [0.15, 0.2) is 0 Å². The standard InChI is InChI=1S/C16H13FN4O2/c1-9-14(11-3-5-13(17)6-4-11)16(23-21-9)20-15(22)12-7-18-10(2)19-8-12/h3-8H,1-2H3,(H,20,22). The van der Waals surface area contributed by atoms with Crippen LogP contribution in [0.2, 0.25) is 0 Å². The number of nitrogens with one attached hydrogen (secondary N) is 1. The smallest absolute Gasteiger partial charge is 0.261 e. The third-order valence-corrected chi connectivity index (χ3v) is 3.27. The number of amides is 1. The lowest BCUT2D eigenvalue weighted by Gasteiger charge is -2.05. The maximum Gasteiger partial charge on any atom is 0.261 e. The second kappa shape index (κ2) is 5.96. The maximum absolute atomic E-state index is 13.1. The van der Waals surface area contributed by atoms with Gasteiger partial charge in [-0.25, -0.2) is 14.4 Å². The first kappa shape index (κ1) is 14.8. The van der Waals surface area contributed by atoms with E-state index in [0.29, 0.717) is 28.2 Å². The SMILES string of the molecule is Cc1ncc(C(=O)Nc2onc(C)c2-c2ccc(F)cc2)cn1. The lowest BCUT2D eigenvalue weighted by molar-refractivity contribution is 0.102. The molecule has 0 aliphatic rings. The fraction of sp³-hybridized carbons (Fsp3) is 0.125. The van der Waals surface area contributed by atoms with E-state index in [1.807, 2.05) is 0 Å². The number of hydrogen-bond donors (Lipinski definition) is 1. The monoisotopic (exact) mass is 312 g/mol. The Bertz CT molecular complexity index is 842. The van der Waals surface area contributed by atoms with Crippen LogP contribution in [-0.4, -0.2) is 21.0 Å². The summed E-state index contributed by atoms with van der Waals surface area (Å²) >= 11 is 0. The van der Waals surface area contributed by atoms with Gasteiger partial charge in [0.2, 0.25) is 5.88 Å². The molecule has 1 aromatic carbocycles. The number of rotatable bonds is 3. The summed E-state index contributed by atoms with van der Waals surface area (Å²) in [6.45, 7) is 3.47. The Kier molecular flexibility index (Phi) is 3.84. The third-order valence-electron chi connectivity index (χ3n) is 3.27. The highest BCUT2D eigenvalue weighted by Crippen LogP contribution is 2.31. The van der Waals surface area contributed by atoms with Crippen LogP contribution >= 0.6 is 0 Å². The van der Waals surface area contributed by atoms with E-state index in [-0.39, 0.29) is 11.7 Å². The molecule has 6 nitrogen and oxygen atoms in total. The van der Waals surface area contributed by atoms with Crippen LogP contribution in [0.5, 0.6) is 0 Å². The largest absolute Gasteiger partial charge is 0.337 e. The zero-order chi connectivity index (χ0) is 16.4. The van der Waals surface area contributed by atoms with Gasteiger partial charge in [-0.05, 0) is 31.5 Å². The fourth-order valence-corrected chi connectivity index (χ4v) is 2.10. The van der Waals surface area contributed by atoms with Gasteiger partial charge >= 0.3 is 0 Å². The number of hydrogen-bond acceptors (Lipinski definition) is 5. The molecule has 3 rings (SSSR count). The minimum absolute atomic E-state index is 0.194. The van der Waals surface area contributed by atoms with Crippen molar-refractivity contribution >= 4 is 11.8 Å². The molecule has 23 heavy (non-hydrogen) atoms. The van der Waals surface area contributed by atoms with Gasteiger partial charge in [0.1, 0.15) is 11.6 Å². The first-order valence-corrected chi connectivity index (χ1v) is 6.87. The Labute approximate surface area is 131 Å². The first-order chi connectivity index (χ1) is 11.0. The van der Waals surface area contributed by atoms with E-state index in [9.17, 15) is 9.18 Å². The summed E-state index contributed by atoms with van der Waals surface area (Å²) in [5, 5.41) is 6.50. The van der Waals surface area contributed by atoms with E-state index in [4.69, 9.17) is 4.52 Å². The van der Waals surface area contributed by atoms with Gasteiger partial charge in [0.25, 0.3) is 5.91 Å². The van der Waals surface area contributed by atoms with E-state index in [0.717, 1.165) is 0 Å². The number of carbonyl (C=O) groups excluding carboxylic acids is 1. The van der Waals surface area contributed by atoms with Crippen molar-refractivity contribution in [3.05, 3.63) is 59.6 Å². The summed E-state index contributed by atoms with van der Waals surface area (Å²) in [6, 6.07) is 5.86.